The fourth-order valence-corrected chi connectivity index (χ4v) is 4.40. The maximum atomic E-state index is 10.4. The number of phenols is 1. The van der Waals surface area contributed by atoms with Crippen LogP contribution in [0, 0.1) is 0 Å². The first-order valence-corrected chi connectivity index (χ1v) is 11.5. The Morgan fingerprint density at radius 2 is 1.49 bits per heavy atom. The van der Waals surface area contributed by atoms with Gasteiger partial charge in [0, 0.05) is 29.3 Å². The van der Waals surface area contributed by atoms with Gasteiger partial charge in [0.2, 0.25) is 5.89 Å². The average molecular weight is 455 g/mol. The Kier molecular flexibility index (Phi) is 5.32. The van der Waals surface area contributed by atoms with Crippen molar-refractivity contribution >= 4 is 11.1 Å². The predicted octanol–water partition coefficient (Wildman–Crippen LogP) is 7.52. The summed E-state index contributed by atoms with van der Waals surface area (Å²) in [6.45, 7) is 0. The van der Waals surface area contributed by atoms with Gasteiger partial charge in [-0.15, -0.1) is 0 Å². The minimum Gasteiger partial charge on any atom is -0.507 e. The van der Waals surface area contributed by atoms with E-state index >= 15 is 0 Å². The third kappa shape index (κ3) is 4.06. The van der Waals surface area contributed by atoms with Gasteiger partial charge in [0.15, 0.2) is 5.58 Å². The molecule has 0 unspecified atom stereocenters. The van der Waals surface area contributed by atoms with Crippen molar-refractivity contribution in [2.75, 3.05) is 0 Å². The zero-order valence-corrected chi connectivity index (χ0v) is 18.9. The predicted molar refractivity (Wildman–Crippen MR) is 139 cm³/mol. The van der Waals surface area contributed by atoms with Crippen molar-refractivity contribution in [3.63, 3.8) is 0 Å². The summed E-state index contributed by atoms with van der Waals surface area (Å²) in [5.41, 5.74) is 8.27. The van der Waals surface area contributed by atoms with E-state index in [1.54, 1.807) is 18.3 Å². The largest absolute Gasteiger partial charge is 0.507 e. The van der Waals surface area contributed by atoms with E-state index in [1.165, 1.54) is 5.56 Å². The molecule has 0 atom stereocenters. The molecule has 4 nitrogen and oxygen atoms in total. The molecule has 6 rings (SSSR count). The first-order chi connectivity index (χ1) is 17.3. The molecule has 35 heavy (non-hydrogen) atoms. The van der Waals surface area contributed by atoms with Crippen molar-refractivity contribution in [3.05, 3.63) is 127 Å². The number of oxazole rings is 1. The van der Waals surface area contributed by atoms with Gasteiger partial charge in [-0.2, -0.15) is 0 Å². The first kappa shape index (κ1) is 20.9. The molecule has 0 aliphatic rings. The lowest BCUT2D eigenvalue weighted by Crippen LogP contribution is -1.91. The Hall–Kier alpha value is -4.70. The van der Waals surface area contributed by atoms with Crippen molar-refractivity contribution in [1.29, 1.82) is 0 Å². The topological polar surface area (TPSA) is 59.2 Å². The summed E-state index contributed by atoms with van der Waals surface area (Å²) in [4.78, 5) is 9.38. The number of para-hydroxylation sites is 1. The first-order valence-electron chi connectivity index (χ1n) is 11.5. The van der Waals surface area contributed by atoms with Gasteiger partial charge in [0.25, 0.3) is 0 Å². The summed E-state index contributed by atoms with van der Waals surface area (Å²) < 4.78 is 6.33. The molecule has 168 valence electrons. The highest BCUT2D eigenvalue weighted by Crippen LogP contribution is 2.37. The Labute approximate surface area is 203 Å². The number of phenolic OH excluding ortho intramolecular Hbond substituents is 1. The van der Waals surface area contributed by atoms with Crippen LogP contribution < -0.4 is 0 Å². The van der Waals surface area contributed by atoms with Crippen LogP contribution in [0.3, 0.4) is 0 Å². The minimum atomic E-state index is 0.141. The van der Waals surface area contributed by atoms with Gasteiger partial charge in [-0.3, -0.25) is 4.98 Å². The zero-order chi connectivity index (χ0) is 23.6. The molecule has 0 radical (unpaired) electrons. The highest BCUT2D eigenvalue weighted by molar-refractivity contribution is 5.95. The molecule has 0 saturated heterocycles. The van der Waals surface area contributed by atoms with Crippen LogP contribution in [0.1, 0.15) is 11.1 Å². The van der Waals surface area contributed by atoms with Gasteiger partial charge in [0.1, 0.15) is 11.3 Å². The number of nitrogens with zero attached hydrogens (tertiary/aromatic N) is 2. The molecule has 0 aliphatic carbocycles. The normalized spacial score (nSPS) is 11.1. The van der Waals surface area contributed by atoms with Crippen LogP contribution >= 0.6 is 0 Å². The Bertz CT molecular complexity index is 1620. The summed E-state index contributed by atoms with van der Waals surface area (Å²) in [5.74, 6) is 0.545. The maximum Gasteiger partial charge on any atom is 0.231 e. The van der Waals surface area contributed by atoms with Gasteiger partial charge in [0.05, 0.1) is 11.3 Å². The van der Waals surface area contributed by atoms with Gasteiger partial charge in [-0.05, 0) is 41.5 Å². The second kappa shape index (κ2) is 8.92. The fraction of sp³-hybridized carbons (Fsp3) is 0.0323. The number of aromatic nitrogens is 2. The second-order valence-electron chi connectivity index (χ2n) is 8.44. The van der Waals surface area contributed by atoms with Crippen LogP contribution in [0.2, 0.25) is 0 Å². The van der Waals surface area contributed by atoms with Crippen molar-refractivity contribution < 1.29 is 9.52 Å². The lowest BCUT2D eigenvalue weighted by atomic mass is 9.97. The monoisotopic (exact) mass is 454 g/mol. The second-order valence-corrected chi connectivity index (χ2v) is 8.44. The molecule has 2 aromatic heterocycles. The highest BCUT2D eigenvalue weighted by Gasteiger charge is 2.18. The summed E-state index contributed by atoms with van der Waals surface area (Å²) in [6.07, 6.45) is 2.52. The Morgan fingerprint density at radius 1 is 0.686 bits per heavy atom. The van der Waals surface area contributed by atoms with Crippen LogP contribution in [0.25, 0.3) is 44.9 Å². The third-order valence-electron chi connectivity index (χ3n) is 6.13. The zero-order valence-electron chi connectivity index (χ0n) is 18.9. The van der Waals surface area contributed by atoms with Crippen molar-refractivity contribution in [2.24, 2.45) is 0 Å². The molecule has 4 aromatic carbocycles. The minimum absolute atomic E-state index is 0.141. The lowest BCUT2D eigenvalue weighted by molar-refractivity contribution is 0.474. The van der Waals surface area contributed by atoms with Gasteiger partial charge in [-0.25, -0.2) is 4.98 Å². The van der Waals surface area contributed by atoms with Crippen molar-refractivity contribution in [1.82, 2.24) is 9.97 Å². The molecule has 0 amide bonds. The molecule has 0 fully saturated rings. The van der Waals surface area contributed by atoms with Crippen molar-refractivity contribution in [2.45, 2.75) is 6.42 Å². The Morgan fingerprint density at radius 3 is 2.31 bits per heavy atom. The van der Waals surface area contributed by atoms with E-state index in [9.17, 15) is 5.11 Å². The van der Waals surface area contributed by atoms with E-state index in [2.05, 4.69) is 47.4 Å². The average Bonchev–Trinajstić information content (AvgIpc) is 3.36. The van der Waals surface area contributed by atoms with Crippen LogP contribution in [0.4, 0.5) is 0 Å². The van der Waals surface area contributed by atoms with E-state index in [0.29, 0.717) is 11.5 Å². The third-order valence-corrected chi connectivity index (χ3v) is 6.13. The summed E-state index contributed by atoms with van der Waals surface area (Å²) in [7, 11) is 0. The number of fused-ring (bicyclic) bond motifs is 1. The van der Waals surface area contributed by atoms with Crippen LogP contribution in [-0.4, -0.2) is 15.1 Å². The van der Waals surface area contributed by atoms with E-state index in [-0.39, 0.29) is 5.75 Å². The summed E-state index contributed by atoms with van der Waals surface area (Å²) in [6, 6.07) is 35.8. The van der Waals surface area contributed by atoms with E-state index < -0.39 is 0 Å². The number of rotatable bonds is 5. The fourth-order valence-electron chi connectivity index (χ4n) is 4.40. The summed E-state index contributed by atoms with van der Waals surface area (Å²) >= 11 is 0. The summed E-state index contributed by atoms with van der Waals surface area (Å²) in [5, 5.41) is 10.4. The molecular formula is C31H22N2O2. The molecule has 6 aromatic rings. The van der Waals surface area contributed by atoms with Gasteiger partial charge >= 0.3 is 0 Å². The molecule has 2 heterocycles. The van der Waals surface area contributed by atoms with Gasteiger partial charge < -0.3 is 9.52 Å². The van der Waals surface area contributed by atoms with Crippen LogP contribution in [0.15, 0.2) is 120 Å². The number of benzene rings is 4. The quantitative estimate of drug-likeness (QED) is 0.293. The number of hydrogen-bond acceptors (Lipinski definition) is 4. The maximum absolute atomic E-state index is 10.4. The smallest absolute Gasteiger partial charge is 0.231 e. The van der Waals surface area contributed by atoms with Crippen LogP contribution in [-0.2, 0) is 6.42 Å². The lowest BCUT2D eigenvalue weighted by Gasteiger charge is -2.08. The number of pyridine rings is 1. The van der Waals surface area contributed by atoms with Gasteiger partial charge in [-0.1, -0.05) is 78.9 Å². The SMILES string of the molecule is Oc1ccccc1-c1nc2c(-c3cccc(-c4ccccn4)c3)ccc(Cc3ccccc3)c2o1. The molecular weight excluding hydrogens is 432 g/mol. The van der Waals surface area contributed by atoms with Crippen LogP contribution in [0.5, 0.6) is 5.75 Å². The van der Waals surface area contributed by atoms with Crippen molar-refractivity contribution in [3.8, 4) is 39.6 Å². The number of hydrogen-bond donors (Lipinski definition) is 1. The van der Waals surface area contributed by atoms with E-state index in [0.717, 1.165) is 45.5 Å². The number of aromatic hydroxyl groups is 1. The van der Waals surface area contributed by atoms with E-state index in [1.807, 2.05) is 54.6 Å². The molecule has 1 N–H and O–H groups in total. The Balaban J connectivity index is 1.53. The molecule has 0 bridgehead atoms. The molecule has 0 aliphatic heterocycles. The molecule has 0 spiro atoms. The standard InChI is InChI=1S/C31H22N2O2/c34-28-15-5-4-13-26(28)31-33-29-25(22-11-8-12-23(20-22)27-14-6-7-18-32-27)17-16-24(30(29)35-31)19-21-9-2-1-3-10-21/h1-18,20,34H,19H2. The molecule has 4 heteroatoms. The van der Waals surface area contributed by atoms with E-state index in [4.69, 9.17) is 9.40 Å². The molecule has 0 saturated carbocycles. The highest BCUT2D eigenvalue weighted by atomic mass is 16.3.